The average Bonchev–Trinajstić information content (AvgIpc) is 3.02. The minimum atomic E-state index is 0.0819. The molecule has 1 saturated carbocycles. The molecule has 6 nitrogen and oxygen atoms in total. The van der Waals surface area contributed by atoms with Crippen LogP contribution in [0.3, 0.4) is 0 Å². The number of ether oxygens (including phenoxy) is 1. The van der Waals surface area contributed by atoms with Crippen LogP contribution >= 0.6 is 11.8 Å². The third-order valence-electron chi connectivity index (χ3n) is 5.24. The van der Waals surface area contributed by atoms with E-state index in [4.69, 9.17) is 4.74 Å². The summed E-state index contributed by atoms with van der Waals surface area (Å²) >= 11 is 1.44. The number of amides is 1. The molecular formula is C20H28N4O2S. The molecule has 1 amide bonds. The van der Waals surface area contributed by atoms with Gasteiger partial charge in [0, 0.05) is 19.5 Å². The molecule has 146 valence electrons. The quantitative estimate of drug-likeness (QED) is 0.738. The van der Waals surface area contributed by atoms with Crippen molar-refractivity contribution in [2.45, 2.75) is 50.2 Å². The van der Waals surface area contributed by atoms with Crippen molar-refractivity contribution in [2.75, 3.05) is 12.9 Å². The van der Waals surface area contributed by atoms with Gasteiger partial charge >= 0.3 is 0 Å². The molecule has 1 aromatic carbocycles. The highest BCUT2D eigenvalue weighted by Crippen LogP contribution is 2.24. The minimum Gasteiger partial charge on any atom is -0.497 e. The normalized spacial score (nSPS) is 19.7. The molecule has 0 aliphatic heterocycles. The van der Waals surface area contributed by atoms with Crippen LogP contribution in [0.2, 0.25) is 0 Å². The van der Waals surface area contributed by atoms with Crippen LogP contribution < -0.4 is 10.1 Å². The zero-order valence-corrected chi connectivity index (χ0v) is 17.1. The van der Waals surface area contributed by atoms with Crippen molar-refractivity contribution in [2.24, 2.45) is 13.0 Å². The molecule has 1 aliphatic rings. The number of rotatable bonds is 7. The van der Waals surface area contributed by atoms with Crippen LogP contribution in [0.5, 0.6) is 5.75 Å². The fourth-order valence-electron chi connectivity index (χ4n) is 3.46. The van der Waals surface area contributed by atoms with E-state index in [1.165, 1.54) is 31.0 Å². The first-order chi connectivity index (χ1) is 13.1. The number of thioether (sulfide) groups is 1. The Hall–Kier alpha value is -2.02. The molecule has 2 atom stereocenters. The summed E-state index contributed by atoms with van der Waals surface area (Å²) in [6.07, 6.45) is 5.47. The molecule has 0 radical (unpaired) electrons. The molecule has 0 unspecified atom stereocenters. The molecule has 1 heterocycles. The lowest BCUT2D eigenvalue weighted by Crippen LogP contribution is -2.41. The smallest absolute Gasteiger partial charge is 0.230 e. The van der Waals surface area contributed by atoms with Gasteiger partial charge < -0.3 is 14.6 Å². The zero-order valence-electron chi connectivity index (χ0n) is 16.3. The third kappa shape index (κ3) is 5.25. The molecule has 0 bridgehead atoms. The van der Waals surface area contributed by atoms with Crippen molar-refractivity contribution in [1.29, 1.82) is 0 Å². The van der Waals surface area contributed by atoms with Gasteiger partial charge in [0.25, 0.3) is 0 Å². The van der Waals surface area contributed by atoms with E-state index in [9.17, 15) is 4.79 Å². The number of nitrogens with one attached hydrogen (secondary N) is 1. The summed E-state index contributed by atoms with van der Waals surface area (Å²) in [5.41, 5.74) is 1.15. The maximum Gasteiger partial charge on any atom is 0.230 e. The number of benzene rings is 1. The van der Waals surface area contributed by atoms with Crippen molar-refractivity contribution in [3.63, 3.8) is 0 Å². The highest BCUT2D eigenvalue weighted by atomic mass is 32.2. The average molecular weight is 389 g/mol. The van der Waals surface area contributed by atoms with Crippen LogP contribution in [0.1, 0.15) is 44.0 Å². The Morgan fingerprint density at radius 3 is 2.70 bits per heavy atom. The summed E-state index contributed by atoms with van der Waals surface area (Å²) in [6.45, 7) is 2.23. The number of methoxy groups -OCH3 is 1. The molecule has 0 spiro atoms. The van der Waals surface area contributed by atoms with E-state index in [-0.39, 0.29) is 5.91 Å². The summed E-state index contributed by atoms with van der Waals surface area (Å²) < 4.78 is 7.15. The molecule has 1 N–H and O–H groups in total. The fraction of sp³-hybridized carbons (Fsp3) is 0.550. The Labute approximate surface area is 165 Å². The molecule has 0 saturated heterocycles. The number of carbonyl (C=O) groups excluding carboxylic acids is 1. The maximum absolute atomic E-state index is 12.3. The number of hydrogen-bond donors (Lipinski definition) is 1. The van der Waals surface area contributed by atoms with E-state index in [0.29, 0.717) is 24.1 Å². The standard InChI is InChI=1S/C20H28N4O2S/c1-14-6-4-5-7-17(14)21-19(25)13-27-20-23-22-18(24(20)2)12-15-8-10-16(26-3)11-9-15/h8-11,14,17H,4-7,12-13H2,1-3H3,(H,21,25)/t14-,17+/m1/s1. The molecule has 1 fully saturated rings. The molecular weight excluding hydrogens is 360 g/mol. The highest BCUT2D eigenvalue weighted by Gasteiger charge is 2.23. The Morgan fingerprint density at radius 1 is 1.26 bits per heavy atom. The SMILES string of the molecule is COc1ccc(Cc2nnc(SCC(=O)N[C@H]3CCCC[C@H]3C)n2C)cc1. The molecule has 3 rings (SSSR count). The Morgan fingerprint density at radius 2 is 2.00 bits per heavy atom. The molecule has 1 aliphatic carbocycles. The Kier molecular flexibility index (Phi) is 6.77. The van der Waals surface area contributed by atoms with Gasteiger partial charge in [-0.1, -0.05) is 43.7 Å². The van der Waals surface area contributed by atoms with Crippen LogP contribution in [-0.2, 0) is 18.3 Å². The van der Waals surface area contributed by atoms with Crippen molar-refractivity contribution in [1.82, 2.24) is 20.1 Å². The van der Waals surface area contributed by atoms with E-state index in [1.54, 1.807) is 7.11 Å². The largest absolute Gasteiger partial charge is 0.497 e. The maximum atomic E-state index is 12.3. The fourth-order valence-corrected chi connectivity index (χ4v) is 4.20. The second kappa shape index (κ2) is 9.26. The van der Waals surface area contributed by atoms with E-state index in [2.05, 4.69) is 22.4 Å². The van der Waals surface area contributed by atoms with Crippen molar-refractivity contribution < 1.29 is 9.53 Å². The zero-order chi connectivity index (χ0) is 19.2. The van der Waals surface area contributed by atoms with Crippen LogP contribution in [0.15, 0.2) is 29.4 Å². The molecule has 2 aromatic rings. The van der Waals surface area contributed by atoms with E-state index in [0.717, 1.165) is 28.7 Å². The summed E-state index contributed by atoms with van der Waals surface area (Å²) in [5.74, 6) is 2.74. The van der Waals surface area contributed by atoms with Crippen molar-refractivity contribution in [3.05, 3.63) is 35.7 Å². The monoisotopic (exact) mass is 388 g/mol. The van der Waals surface area contributed by atoms with Crippen LogP contribution in [-0.4, -0.2) is 39.6 Å². The topological polar surface area (TPSA) is 69.0 Å². The highest BCUT2D eigenvalue weighted by molar-refractivity contribution is 7.99. The predicted octanol–water partition coefficient (Wildman–Crippen LogP) is 3.20. The van der Waals surface area contributed by atoms with Crippen LogP contribution in [0, 0.1) is 5.92 Å². The summed E-state index contributed by atoms with van der Waals surface area (Å²) in [7, 11) is 3.61. The van der Waals surface area contributed by atoms with Crippen molar-refractivity contribution in [3.8, 4) is 5.75 Å². The second-order valence-electron chi connectivity index (χ2n) is 7.21. The van der Waals surface area contributed by atoms with Gasteiger partial charge in [-0.15, -0.1) is 10.2 Å². The van der Waals surface area contributed by atoms with Gasteiger partial charge in [-0.25, -0.2) is 0 Å². The molecule has 7 heteroatoms. The minimum absolute atomic E-state index is 0.0819. The molecule has 27 heavy (non-hydrogen) atoms. The lowest BCUT2D eigenvalue weighted by Gasteiger charge is -2.29. The number of nitrogens with zero attached hydrogens (tertiary/aromatic N) is 3. The Bertz CT molecular complexity index is 760. The first kappa shape index (κ1) is 19.7. The predicted molar refractivity (Wildman–Crippen MR) is 107 cm³/mol. The van der Waals surface area contributed by atoms with Gasteiger partial charge in [-0.05, 0) is 36.5 Å². The third-order valence-corrected chi connectivity index (χ3v) is 6.26. The summed E-state index contributed by atoms with van der Waals surface area (Å²) in [5, 5.41) is 12.5. The summed E-state index contributed by atoms with van der Waals surface area (Å²) in [6, 6.07) is 8.26. The number of hydrogen-bond acceptors (Lipinski definition) is 5. The Balaban J connectivity index is 1.52. The summed E-state index contributed by atoms with van der Waals surface area (Å²) in [4.78, 5) is 12.3. The second-order valence-corrected chi connectivity index (χ2v) is 8.15. The first-order valence-electron chi connectivity index (χ1n) is 9.50. The van der Waals surface area contributed by atoms with Crippen LogP contribution in [0.25, 0.3) is 0 Å². The number of aromatic nitrogens is 3. The lowest BCUT2D eigenvalue weighted by molar-refractivity contribution is -0.119. The van der Waals surface area contributed by atoms with E-state index < -0.39 is 0 Å². The van der Waals surface area contributed by atoms with Gasteiger partial charge in [0.05, 0.1) is 12.9 Å². The van der Waals surface area contributed by atoms with Gasteiger partial charge in [-0.2, -0.15) is 0 Å². The number of carbonyl (C=O) groups is 1. The van der Waals surface area contributed by atoms with Gasteiger partial charge in [0.2, 0.25) is 5.91 Å². The van der Waals surface area contributed by atoms with Gasteiger partial charge in [-0.3, -0.25) is 4.79 Å². The molecule has 1 aromatic heterocycles. The lowest BCUT2D eigenvalue weighted by atomic mass is 9.86. The van der Waals surface area contributed by atoms with E-state index >= 15 is 0 Å². The van der Waals surface area contributed by atoms with Crippen LogP contribution in [0.4, 0.5) is 0 Å². The van der Waals surface area contributed by atoms with Gasteiger partial charge in [0.1, 0.15) is 11.6 Å². The van der Waals surface area contributed by atoms with Crippen molar-refractivity contribution >= 4 is 17.7 Å². The first-order valence-corrected chi connectivity index (χ1v) is 10.5. The van der Waals surface area contributed by atoms with E-state index in [1.807, 2.05) is 35.9 Å². The van der Waals surface area contributed by atoms with Gasteiger partial charge in [0.15, 0.2) is 5.16 Å².